The molecule has 0 fully saturated rings. The van der Waals surface area contributed by atoms with Gasteiger partial charge in [0.2, 0.25) is 0 Å². The Balaban J connectivity index is 0.000000421. The summed E-state index contributed by atoms with van der Waals surface area (Å²) in [7, 11) is 3.43. The number of aromatic carboxylic acids is 2. The van der Waals surface area contributed by atoms with Gasteiger partial charge in [0.15, 0.2) is 0 Å². The van der Waals surface area contributed by atoms with Crippen molar-refractivity contribution in [1.29, 1.82) is 0 Å². The second-order valence-corrected chi connectivity index (χ2v) is 14.5. The smallest absolute Gasteiger partial charge is 0.542 e. The van der Waals surface area contributed by atoms with Gasteiger partial charge in [-0.2, -0.15) is 0 Å². The minimum Gasteiger partial charge on any atom is -0.542 e. The van der Waals surface area contributed by atoms with Crippen molar-refractivity contribution in [3.63, 3.8) is 0 Å². The topological polar surface area (TPSA) is 165 Å². The fraction of sp³-hybridized carbons (Fsp3) is 0.643. The van der Waals surface area contributed by atoms with Gasteiger partial charge in [-0.25, -0.2) is 19.6 Å². The molecule has 0 spiro atoms. The Labute approximate surface area is 290 Å². The summed E-state index contributed by atoms with van der Waals surface area (Å²) in [5.41, 5.74) is 0.566. The molecule has 0 aliphatic heterocycles. The number of hydrogen-bond donors (Lipinski definition) is 0. The Bertz CT molecular complexity index is 1240. The number of carboxylic acid groups (broad SMARTS) is 2. The third kappa shape index (κ3) is 11.1. The van der Waals surface area contributed by atoms with Crippen LogP contribution in [0.3, 0.4) is 0 Å². The molecule has 2 heterocycles. The number of likely N-dealkylation sites (N-methyl/N-ethyl adjacent to an activating group) is 2. The van der Waals surface area contributed by atoms with E-state index in [1.165, 1.54) is 0 Å². The van der Waals surface area contributed by atoms with Crippen LogP contribution in [0.25, 0.3) is 0 Å². The number of fused-ring (bicyclic) bond motifs is 2. The summed E-state index contributed by atoms with van der Waals surface area (Å²) >= 11 is 2.28. The molecule has 4 rings (SSSR count). The SMILES string of the molecule is CN(C(=O)OC(C)(C)C)C1CCc2nc(C(=O)[O-])sc2C1.CN(C(=O)OC(C)(C)C)C1CCc2nc(C(=O)[O-])sc2C1.[Li+].[Li+]. The third-order valence-corrected chi connectivity index (χ3v) is 8.83. The van der Waals surface area contributed by atoms with Crippen LogP contribution in [0.5, 0.6) is 0 Å². The predicted molar refractivity (Wildman–Crippen MR) is 153 cm³/mol. The first kappa shape index (κ1) is 40.0. The number of thiazole rings is 2. The van der Waals surface area contributed by atoms with E-state index in [1.54, 1.807) is 23.9 Å². The van der Waals surface area contributed by atoms with Crippen molar-refractivity contribution in [2.45, 2.75) is 103 Å². The van der Waals surface area contributed by atoms with Crippen molar-refractivity contribution in [2.75, 3.05) is 14.1 Å². The van der Waals surface area contributed by atoms with Crippen LogP contribution in [-0.2, 0) is 35.2 Å². The van der Waals surface area contributed by atoms with Gasteiger partial charge in [-0.3, -0.25) is 0 Å². The number of nitrogens with zero attached hydrogens (tertiary/aromatic N) is 4. The minimum absolute atomic E-state index is 0. The van der Waals surface area contributed by atoms with Gasteiger partial charge in [-0.15, -0.1) is 22.7 Å². The molecule has 12 nitrogen and oxygen atoms in total. The zero-order chi connectivity index (χ0) is 31.6. The van der Waals surface area contributed by atoms with Crippen LogP contribution in [0.4, 0.5) is 9.59 Å². The normalized spacial score (nSPS) is 17.2. The van der Waals surface area contributed by atoms with Crippen LogP contribution in [0.2, 0.25) is 0 Å². The summed E-state index contributed by atoms with van der Waals surface area (Å²) in [4.78, 5) is 59.0. The van der Waals surface area contributed by atoms with Crippen LogP contribution in [-0.4, -0.2) is 81.3 Å². The van der Waals surface area contributed by atoms with Crippen molar-refractivity contribution < 1.29 is 76.6 Å². The van der Waals surface area contributed by atoms with E-state index in [4.69, 9.17) is 9.47 Å². The Kier molecular flexibility index (Phi) is 14.5. The van der Waals surface area contributed by atoms with Crippen LogP contribution in [0.15, 0.2) is 0 Å². The van der Waals surface area contributed by atoms with Gasteiger partial charge in [0.25, 0.3) is 0 Å². The minimum atomic E-state index is -1.24. The average Bonchev–Trinajstić information content (AvgIpc) is 3.50. The number of ether oxygens (including phenoxy) is 2. The number of hydrogen-bond acceptors (Lipinski definition) is 12. The first-order valence-corrected chi connectivity index (χ1v) is 15.3. The molecule has 0 N–H and O–H groups in total. The van der Waals surface area contributed by atoms with E-state index in [1.807, 2.05) is 41.5 Å². The Morgan fingerprint density at radius 2 is 1.02 bits per heavy atom. The number of carbonyl (C=O) groups is 4. The van der Waals surface area contributed by atoms with Gasteiger partial charge in [-0.05, 0) is 67.2 Å². The molecule has 2 aromatic heterocycles. The van der Waals surface area contributed by atoms with Crippen molar-refractivity contribution in [3.8, 4) is 0 Å². The zero-order valence-corrected chi connectivity index (χ0v) is 28.9. The van der Waals surface area contributed by atoms with Gasteiger partial charge in [0, 0.05) is 48.8 Å². The van der Waals surface area contributed by atoms with Gasteiger partial charge in [0.1, 0.15) is 33.2 Å². The van der Waals surface area contributed by atoms with Crippen LogP contribution in [0.1, 0.15) is 95.1 Å². The molecule has 0 radical (unpaired) electrons. The summed E-state index contributed by atoms with van der Waals surface area (Å²) in [6.07, 6.45) is 3.32. The van der Waals surface area contributed by atoms with Crippen molar-refractivity contribution in [1.82, 2.24) is 19.8 Å². The zero-order valence-electron chi connectivity index (χ0n) is 27.3. The van der Waals surface area contributed by atoms with Gasteiger partial charge in [-0.1, -0.05) is 0 Å². The molecule has 2 amide bonds. The molecule has 2 unspecified atom stereocenters. The van der Waals surface area contributed by atoms with E-state index in [0.717, 1.165) is 56.7 Å². The summed E-state index contributed by atoms with van der Waals surface area (Å²) in [5, 5.41) is 21.7. The Morgan fingerprint density at radius 1 is 0.705 bits per heavy atom. The van der Waals surface area contributed by atoms with Crippen LogP contribution >= 0.6 is 22.7 Å². The van der Waals surface area contributed by atoms with Crippen LogP contribution in [0, 0.1) is 0 Å². The van der Waals surface area contributed by atoms with Crippen molar-refractivity contribution in [3.05, 3.63) is 31.2 Å². The van der Waals surface area contributed by atoms with E-state index in [9.17, 15) is 29.4 Å². The maximum atomic E-state index is 12.1. The Hall–Kier alpha value is -2.07. The number of carboxylic acids is 2. The molecule has 0 bridgehead atoms. The molecular weight excluding hydrogens is 598 g/mol. The molecule has 2 aliphatic carbocycles. The molecule has 0 saturated heterocycles. The molecule has 2 aliphatic rings. The Morgan fingerprint density at radius 3 is 1.30 bits per heavy atom. The summed E-state index contributed by atoms with van der Waals surface area (Å²) in [6.45, 7) is 11.0. The van der Waals surface area contributed by atoms with Crippen molar-refractivity contribution >= 4 is 46.8 Å². The van der Waals surface area contributed by atoms with E-state index in [0.29, 0.717) is 25.7 Å². The number of amides is 2. The molecule has 2 atom stereocenters. The molecule has 0 saturated carbocycles. The van der Waals surface area contributed by atoms with E-state index >= 15 is 0 Å². The van der Waals surface area contributed by atoms with Crippen molar-refractivity contribution in [2.24, 2.45) is 0 Å². The monoisotopic (exact) mass is 636 g/mol. The molecule has 232 valence electrons. The molecular formula is C28H38Li2N4O8S2. The maximum Gasteiger partial charge on any atom is 1.00 e. The fourth-order valence-electron chi connectivity index (χ4n) is 4.52. The standard InChI is InChI=1S/2C14H20N2O4S.2Li/c2*1-14(2,3)20-13(19)16(4)8-5-6-9-10(7-8)21-11(15-9)12(17)18;;/h2*8H,5-7H2,1-4H3,(H,17,18);;/q;;2*+1/p-2. The van der Waals surface area contributed by atoms with E-state index in [-0.39, 0.29) is 72.0 Å². The number of aryl methyl sites for hydroxylation is 2. The number of rotatable bonds is 4. The summed E-state index contributed by atoms with van der Waals surface area (Å²) in [6, 6.07) is 0.00445. The van der Waals surface area contributed by atoms with E-state index < -0.39 is 23.1 Å². The quantitative estimate of drug-likeness (QED) is 0.307. The van der Waals surface area contributed by atoms with Gasteiger partial charge < -0.3 is 39.1 Å². The number of carbonyl (C=O) groups excluding carboxylic acids is 4. The average molecular weight is 637 g/mol. The second-order valence-electron chi connectivity index (χ2n) is 12.3. The fourth-order valence-corrected chi connectivity index (χ4v) is 6.54. The predicted octanol–water partition coefficient (Wildman–Crippen LogP) is -3.53. The largest absolute Gasteiger partial charge is 1.00 e. The molecule has 2 aromatic rings. The molecule has 0 aromatic carbocycles. The maximum absolute atomic E-state index is 12.1. The summed E-state index contributed by atoms with van der Waals surface area (Å²) < 4.78 is 10.7. The van der Waals surface area contributed by atoms with Gasteiger partial charge >= 0.3 is 49.9 Å². The summed E-state index contributed by atoms with van der Waals surface area (Å²) in [5.74, 6) is -2.49. The van der Waals surface area contributed by atoms with E-state index in [2.05, 4.69) is 9.97 Å². The number of aromatic nitrogens is 2. The third-order valence-electron chi connectivity index (χ3n) is 6.63. The van der Waals surface area contributed by atoms with Gasteiger partial charge in [0.05, 0.1) is 11.4 Å². The first-order chi connectivity index (χ1) is 19.3. The second kappa shape index (κ2) is 16.0. The first-order valence-electron chi connectivity index (χ1n) is 13.7. The van der Waals surface area contributed by atoms with Crippen LogP contribution < -0.4 is 47.9 Å². The molecule has 16 heteroatoms. The molecule has 44 heavy (non-hydrogen) atoms.